The lowest BCUT2D eigenvalue weighted by molar-refractivity contribution is 0.295. The summed E-state index contributed by atoms with van der Waals surface area (Å²) in [5, 5.41) is 3.60. The summed E-state index contributed by atoms with van der Waals surface area (Å²) in [6, 6.07) is 7.30. The van der Waals surface area contributed by atoms with Crippen LogP contribution in [0.15, 0.2) is 23.1 Å². The number of nitrogens with one attached hydrogen (secondary N) is 1. The predicted octanol–water partition coefficient (Wildman–Crippen LogP) is 4.42. The Bertz CT molecular complexity index is 379. The van der Waals surface area contributed by atoms with E-state index in [0.717, 1.165) is 12.3 Å². The molecule has 1 unspecified atom stereocenters. The van der Waals surface area contributed by atoms with Crippen LogP contribution in [-0.2, 0) is 0 Å². The molecular formula is C16H27NS. The van der Waals surface area contributed by atoms with Crippen molar-refractivity contribution in [3.63, 3.8) is 0 Å². The minimum Gasteiger partial charge on any atom is -0.313 e. The molecule has 0 aromatic heterocycles. The van der Waals surface area contributed by atoms with E-state index in [1.54, 1.807) is 0 Å². The molecular weight excluding hydrogens is 238 g/mol. The molecule has 0 heterocycles. The van der Waals surface area contributed by atoms with Crippen LogP contribution < -0.4 is 5.32 Å². The van der Waals surface area contributed by atoms with Gasteiger partial charge < -0.3 is 5.32 Å². The van der Waals surface area contributed by atoms with Gasteiger partial charge in [-0.05, 0) is 49.1 Å². The minimum atomic E-state index is 0.308. The van der Waals surface area contributed by atoms with Gasteiger partial charge >= 0.3 is 0 Å². The first-order chi connectivity index (χ1) is 8.34. The summed E-state index contributed by atoms with van der Waals surface area (Å²) in [5.41, 5.74) is 3.07. The number of hydrogen-bond donors (Lipinski definition) is 1. The topological polar surface area (TPSA) is 12.0 Å². The first-order valence-corrected chi connectivity index (χ1v) is 7.76. The second kappa shape index (κ2) is 6.63. The van der Waals surface area contributed by atoms with Gasteiger partial charge in [-0.3, -0.25) is 0 Å². The van der Waals surface area contributed by atoms with E-state index in [4.69, 9.17) is 0 Å². The third-order valence-corrected chi connectivity index (χ3v) is 4.48. The third kappa shape index (κ3) is 4.66. The number of rotatable bonds is 5. The van der Waals surface area contributed by atoms with Crippen molar-refractivity contribution in [1.82, 2.24) is 5.32 Å². The van der Waals surface area contributed by atoms with Crippen LogP contribution in [0.5, 0.6) is 0 Å². The van der Waals surface area contributed by atoms with Crippen LogP contribution in [0.4, 0.5) is 0 Å². The van der Waals surface area contributed by atoms with E-state index in [-0.39, 0.29) is 0 Å². The molecule has 0 radical (unpaired) electrons. The number of thioether (sulfide) groups is 1. The van der Waals surface area contributed by atoms with E-state index in [1.807, 2.05) is 11.8 Å². The van der Waals surface area contributed by atoms with Gasteiger partial charge in [-0.25, -0.2) is 0 Å². The van der Waals surface area contributed by atoms with Crippen molar-refractivity contribution < 1.29 is 0 Å². The van der Waals surface area contributed by atoms with Crippen LogP contribution in [0, 0.1) is 19.3 Å². The fourth-order valence-corrected chi connectivity index (χ4v) is 3.25. The number of benzene rings is 1. The summed E-state index contributed by atoms with van der Waals surface area (Å²) in [4.78, 5) is 1.38. The van der Waals surface area contributed by atoms with Crippen molar-refractivity contribution in [2.24, 2.45) is 5.41 Å². The summed E-state index contributed by atoms with van der Waals surface area (Å²) >= 11 is 1.96. The molecule has 0 amide bonds. The second-order valence-electron chi connectivity index (χ2n) is 6.03. The zero-order valence-electron chi connectivity index (χ0n) is 12.6. The van der Waals surface area contributed by atoms with E-state index < -0.39 is 0 Å². The third-order valence-electron chi connectivity index (χ3n) is 3.39. The Morgan fingerprint density at radius 1 is 1.17 bits per heavy atom. The summed E-state index contributed by atoms with van der Waals surface area (Å²) < 4.78 is 0. The van der Waals surface area contributed by atoms with Gasteiger partial charge in [0.2, 0.25) is 0 Å². The molecule has 1 rings (SSSR count). The van der Waals surface area contributed by atoms with E-state index in [2.05, 4.69) is 65.1 Å². The molecule has 0 bridgehead atoms. The van der Waals surface area contributed by atoms with Crippen molar-refractivity contribution in [1.29, 1.82) is 0 Å². The Morgan fingerprint density at radius 2 is 1.83 bits per heavy atom. The van der Waals surface area contributed by atoms with Gasteiger partial charge in [-0.2, -0.15) is 0 Å². The molecule has 1 nitrogen and oxygen atoms in total. The maximum absolute atomic E-state index is 3.60. The molecule has 0 saturated heterocycles. The van der Waals surface area contributed by atoms with Gasteiger partial charge in [0.05, 0.1) is 0 Å². The van der Waals surface area contributed by atoms with Crippen LogP contribution >= 0.6 is 11.8 Å². The molecule has 0 aliphatic carbocycles. The minimum absolute atomic E-state index is 0.308. The molecule has 1 N–H and O–H groups in total. The van der Waals surface area contributed by atoms with Gasteiger partial charge in [-0.15, -0.1) is 11.8 Å². The van der Waals surface area contributed by atoms with Crippen LogP contribution in [0.2, 0.25) is 0 Å². The van der Waals surface area contributed by atoms with Crippen molar-refractivity contribution in [3.05, 3.63) is 29.3 Å². The molecule has 18 heavy (non-hydrogen) atoms. The first kappa shape index (κ1) is 15.6. The van der Waals surface area contributed by atoms with Crippen LogP contribution in [0.3, 0.4) is 0 Å². The SMILES string of the molecule is CCNC(CSc1ccc(C)c(C)c1)C(C)(C)C. The Labute approximate surface area is 117 Å². The molecule has 0 aliphatic heterocycles. The largest absolute Gasteiger partial charge is 0.313 e. The predicted molar refractivity (Wildman–Crippen MR) is 83.6 cm³/mol. The first-order valence-electron chi connectivity index (χ1n) is 6.78. The highest BCUT2D eigenvalue weighted by atomic mass is 32.2. The Hall–Kier alpha value is -0.470. The Balaban J connectivity index is 2.64. The quantitative estimate of drug-likeness (QED) is 0.791. The van der Waals surface area contributed by atoms with Gasteiger partial charge in [0.1, 0.15) is 0 Å². The standard InChI is InChI=1S/C16H27NS/c1-7-17-15(16(4,5)6)11-18-14-9-8-12(2)13(3)10-14/h8-10,15,17H,7,11H2,1-6H3. The summed E-state index contributed by atoms with van der Waals surface area (Å²) in [5.74, 6) is 1.12. The Morgan fingerprint density at radius 3 is 2.33 bits per heavy atom. The van der Waals surface area contributed by atoms with Gasteiger partial charge in [0.15, 0.2) is 0 Å². The van der Waals surface area contributed by atoms with E-state index in [1.165, 1.54) is 16.0 Å². The fourth-order valence-electron chi connectivity index (χ4n) is 1.84. The monoisotopic (exact) mass is 265 g/mol. The highest BCUT2D eigenvalue weighted by Gasteiger charge is 2.23. The lowest BCUT2D eigenvalue weighted by Crippen LogP contribution is -2.42. The maximum atomic E-state index is 3.60. The van der Waals surface area contributed by atoms with E-state index in [9.17, 15) is 0 Å². The Kier molecular flexibility index (Phi) is 5.74. The maximum Gasteiger partial charge on any atom is 0.0210 e. The van der Waals surface area contributed by atoms with Gasteiger partial charge in [0.25, 0.3) is 0 Å². The van der Waals surface area contributed by atoms with E-state index >= 15 is 0 Å². The molecule has 0 fully saturated rings. The number of hydrogen-bond acceptors (Lipinski definition) is 2. The van der Waals surface area contributed by atoms with Crippen molar-refractivity contribution >= 4 is 11.8 Å². The van der Waals surface area contributed by atoms with Crippen LogP contribution in [0.25, 0.3) is 0 Å². The second-order valence-corrected chi connectivity index (χ2v) is 7.13. The van der Waals surface area contributed by atoms with E-state index in [0.29, 0.717) is 11.5 Å². The molecule has 1 aromatic carbocycles. The molecule has 1 atom stereocenters. The van der Waals surface area contributed by atoms with Crippen LogP contribution in [0.1, 0.15) is 38.8 Å². The van der Waals surface area contributed by atoms with Crippen LogP contribution in [-0.4, -0.2) is 18.3 Å². The highest BCUT2D eigenvalue weighted by molar-refractivity contribution is 7.99. The summed E-state index contributed by atoms with van der Waals surface area (Å²) in [7, 11) is 0. The molecule has 0 aliphatic rings. The van der Waals surface area contributed by atoms with Crippen molar-refractivity contribution in [3.8, 4) is 0 Å². The molecule has 0 saturated carbocycles. The van der Waals surface area contributed by atoms with Crippen molar-refractivity contribution in [2.75, 3.05) is 12.3 Å². The fraction of sp³-hybridized carbons (Fsp3) is 0.625. The van der Waals surface area contributed by atoms with Gasteiger partial charge in [-0.1, -0.05) is 33.8 Å². The highest BCUT2D eigenvalue weighted by Crippen LogP contribution is 2.27. The average Bonchev–Trinajstić information content (AvgIpc) is 2.27. The summed E-state index contributed by atoms with van der Waals surface area (Å²) in [6.07, 6.45) is 0. The zero-order chi connectivity index (χ0) is 13.8. The zero-order valence-corrected chi connectivity index (χ0v) is 13.4. The van der Waals surface area contributed by atoms with Gasteiger partial charge in [0, 0.05) is 16.7 Å². The molecule has 102 valence electrons. The number of aryl methyl sites for hydroxylation is 2. The lowest BCUT2D eigenvalue weighted by Gasteiger charge is -2.31. The molecule has 0 spiro atoms. The van der Waals surface area contributed by atoms with Crippen molar-refractivity contribution in [2.45, 2.75) is 52.5 Å². The lowest BCUT2D eigenvalue weighted by atomic mass is 9.88. The smallest absolute Gasteiger partial charge is 0.0210 e. The average molecular weight is 265 g/mol. The molecule has 2 heteroatoms. The molecule has 1 aromatic rings. The normalized spacial score (nSPS) is 13.7. The summed E-state index contributed by atoms with van der Waals surface area (Å²) in [6.45, 7) is 14.5.